The van der Waals surface area contributed by atoms with Gasteiger partial charge in [-0.05, 0) is 11.6 Å². The molecule has 2 rings (SSSR count). The molecule has 0 bridgehead atoms. The van der Waals surface area contributed by atoms with Gasteiger partial charge in [0.1, 0.15) is 5.82 Å². The van der Waals surface area contributed by atoms with Gasteiger partial charge < -0.3 is 10.6 Å². The van der Waals surface area contributed by atoms with E-state index in [0.29, 0.717) is 17.3 Å². The Hall–Kier alpha value is -2.50. The molecule has 0 radical (unpaired) electrons. The summed E-state index contributed by atoms with van der Waals surface area (Å²) in [5.74, 6) is -3.52. The lowest BCUT2D eigenvalue weighted by atomic mass is 10.1. The van der Waals surface area contributed by atoms with Gasteiger partial charge in [-0.2, -0.15) is 0 Å². The molecule has 0 saturated heterocycles. The predicted molar refractivity (Wildman–Crippen MR) is 74.4 cm³/mol. The van der Waals surface area contributed by atoms with Crippen LogP contribution in [0.4, 0.5) is 24.5 Å². The van der Waals surface area contributed by atoms with Crippen LogP contribution in [0.25, 0.3) is 0 Å². The maximum Gasteiger partial charge on any atom is 0.221 e. The molecule has 0 unspecified atom stereocenters. The van der Waals surface area contributed by atoms with E-state index in [0.717, 1.165) is 6.07 Å². The summed E-state index contributed by atoms with van der Waals surface area (Å²) in [6, 6.07) is 8.22. The third-order valence-electron chi connectivity index (χ3n) is 2.79. The molecule has 0 spiro atoms. The van der Waals surface area contributed by atoms with Crippen LogP contribution < -0.4 is 10.6 Å². The van der Waals surface area contributed by atoms with Gasteiger partial charge in [0, 0.05) is 31.3 Å². The monoisotopic (exact) mass is 294 g/mol. The van der Waals surface area contributed by atoms with Crippen molar-refractivity contribution in [3.05, 3.63) is 59.4 Å². The minimum Gasteiger partial charge on any atom is -0.378 e. The van der Waals surface area contributed by atoms with Gasteiger partial charge >= 0.3 is 0 Å². The lowest BCUT2D eigenvalue weighted by Gasteiger charge is -2.12. The molecule has 2 aromatic carbocycles. The van der Waals surface area contributed by atoms with Crippen molar-refractivity contribution in [1.82, 2.24) is 0 Å². The zero-order valence-corrected chi connectivity index (χ0v) is 11.2. The second kappa shape index (κ2) is 6.30. The Morgan fingerprint density at radius 2 is 1.81 bits per heavy atom. The first-order valence-electron chi connectivity index (χ1n) is 6.21. The highest BCUT2D eigenvalue weighted by Gasteiger charge is 2.11. The molecule has 0 fully saturated rings. The number of hydrogen-bond acceptors (Lipinski definition) is 2. The summed E-state index contributed by atoms with van der Waals surface area (Å²) >= 11 is 0. The van der Waals surface area contributed by atoms with Crippen molar-refractivity contribution in [2.75, 3.05) is 10.6 Å². The van der Waals surface area contributed by atoms with E-state index in [4.69, 9.17) is 0 Å². The highest BCUT2D eigenvalue weighted by atomic mass is 19.2. The maximum atomic E-state index is 13.5. The zero-order valence-electron chi connectivity index (χ0n) is 11.2. The van der Waals surface area contributed by atoms with Crippen molar-refractivity contribution in [3.8, 4) is 0 Å². The molecule has 110 valence electrons. The van der Waals surface area contributed by atoms with Crippen molar-refractivity contribution in [1.29, 1.82) is 0 Å². The Morgan fingerprint density at radius 3 is 2.52 bits per heavy atom. The van der Waals surface area contributed by atoms with Crippen LogP contribution in [0, 0.1) is 17.5 Å². The van der Waals surface area contributed by atoms with Crippen LogP contribution in [-0.2, 0) is 11.3 Å². The van der Waals surface area contributed by atoms with E-state index in [-0.39, 0.29) is 18.1 Å². The number of anilines is 2. The second-order valence-electron chi connectivity index (χ2n) is 4.44. The Bertz CT molecular complexity index is 674. The average Bonchev–Trinajstić information content (AvgIpc) is 2.42. The van der Waals surface area contributed by atoms with Crippen LogP contribution in [-0.4, -0.2) is 5.91 Å². The number of nitrogens with one attached hydrogen (secondary N) is 2. The van der Waals surface area contributed by atoms with Gasteiger partial charge in [0.2, 0.25) is 5.91 Å². The summed E-state index contributed by atoms with van der Waals surface area (Å²) in [5, 5.41) is 5.24. The number of amides is 1. The Morgan fingerprint density at radius 1 is 1.10 bits per heavy atom. The highest BCUT2D eigenvalue weighted by Crippen LogP contribution is 2.22. The van der Waals surface area contributed by atoms with Crippen molar-refractivity contribution in [2.24, 2.45) is 0 Å². The standard InChI is InChI=1S/C15H13F3N2O/c1-9(21)20-13-5-3-2-4-10(13)8-19-14-7-11(16)6-12(17)15(14)18/h2-7,19H,8H2,1H3,(H,20,21). The van der Waals surface area contributed by atoms with Crippen LogP contribution in [0.3, 0.4) is 0 Å². The Labute approximate surface area is 119 Å². The highest BCUT2D eigenvalue weighted by molar-refractivity contribution is 5.89. The zero-order chi connectivity index (χ0) is 15.4. The lowest BCUT2D eigenvalue weighted by Crippen LogP contribution is -2.10. The topological polar surface area (TPSA) is 41.1 Å². The number of rotatable bonds is 4. The number of carbonyl (C=O) groups is 1. The summed E-state index contributed by atoms with van der Waals surface area (Å²) in [6.07, 6.45) is 0. The normalized spacial score (nSPS) is 10.3. The third-order valence-corrected chi connectivity index (χ3v) is 2.79. The molecule has 2 N–H and O–H groups in total. The van der Waals surface area contributed by atoms with Gasteiger partial charge in [0.05, 0.1) is 5.69 Å². The third kappa shape index (κ3) is 3.75. The first-order chi connectivity index (χ1) is 9.97. The Balaban J connectivity index is 2.19. The van der Waals surface area contributed by atoms with Gasteiger partial charge in [0.25, 0.3) is 0 Å². The second-order valence-corrected chi connectivity index (χ2v) is 4.44. The Kier molecular flexibility index (Phi) is 4.47. The van der Waals surface area contributed by atoms with E-state index in [2.05, 4.69) is 10.6 Å². The van der Waals surface area contributed by atoms with Crippen molar-refractivity contribution < 1.29 is 18.0 Å². The van der Waals surface area contributed by atoms with Crippen LogP contribution >= 0.6 is 0 Å². The lowest BCUT2D eigenvalue weighted by molar-refractivity contribution is -0.114. The molecule has 0 saturated carbocycles. The number of carbonyl (C=O) groups excluding carboxylic acids is 1. The van der Waals surface area contributed by atoms with E-state index in [1.807, 2.05) is 0 Å². The van der Waals surface area contributed by atoms with Gasteiger partial charge in [-0.1, -0.05) is 18.2 Å². The molecule has 0 aromatic heterocycles. The van der Waals surface area contributed by atoms with E-state index < -0.39 is 17.5 Å². The molecule has 0 aliphatic rings. The minimum atomic E-state index is -1.26. The first-order valence-corrected chi connectivity index (χ1v) is 6.21. The summed E-state index contributed by atoms with van der Waals surface area (Å²) < 4.78 is 39.7. The fraction of sp³-hybridized carbons (Fsp3) is 0.133. The molecule has 0 aliphatic heterocycles. The van der Waals surface area contributed by atoms with Crippen LogP contribution in [0.1, 0.15) is 12.5 Å². The SMILES string of the molecule is CC(=O)Nc1ccccc1CNc1cc(F)cc(F)c1F. The molecule has 0 heterocycles. The van der Waals surface area contributed by atoms with Crippen molar-refractivity contribution >= 4 is 17.3 Å². The molecule has 21 heavy (non-hydrogen) atoms. The molecule has 3 nitrogen and oxygen atoms in total. The molecule has 0 aliphatic carbocycles. The maximum absolute atomic E-state index is 13.5. The average molecular weight is 294 g/mol. The molecular weight excluding hydrogens is 281 g/mol. The van der Waals surface area contributed by atoms with Crippen LogP contribution in [0.2, 0.25) is 0 Å². The van der Waals surface area contributed by atoms with Crippen LogP contribution in [0.15, 0.2) is 36.4 Å². The predicted octanol–water partition coefficient (Wildman–Crippen LogP) is 3.67. The van der Waals surface area contributed by atoms with Crippen LogP contribution in [0.5, 0.6) is 0 Å². The van der Waals surface area contributed by atoms with Gasteiger partial charge in [0.15, 0.2) is 11.6 Å². The largest absolute Gasteiger partial charge is 0.378 e. The molecule has 6 heteroatoms. The molecule has 1 amide bonds. The smallest absolute Gasteiger partial charge is 0.221 e. The van der Waals surface area contributed by atoms with Gasteiger partial charge in [-0.25, -0.2) is 13.2 Å². The van der Waals surface area contributed by atoms with E-state index in [9.17, 15) is 18.0 Å². The number of para-hydroxylation sites is 1. The fourth-order valence-electron chi connectivity index (χ4n) is 1.86. The quantitative estimate of drug-likeness (QED) is 0.845. The minimum absolute atomic E-state index is 0.107. The van der Waals surface area contributed by atoms with Gasteiger partial charge in [-0.3, -0.25) is 4.79 Å². The number of hydrogen-bond donors (Lipinski definition) is 2. The summed E-state index contributed by atoms with van der Waals surface area (Å²) in [6.45, 7) is 1.47. The molecule has 2 aromatic rings. The summed E-state index contributed by atoms with van der Waals surface area (Å²) in [5.41, 5.74) is 0.941. The summed E-state index contributed by atoms with van der Waals surface area (Å²) in [4.78, 5) is 11.1. The summed E-state index contributed by atoms with van der Waals surface area (Å²) in [7, 11) is 0. The first kappa shape index (κ1) is 14.9. The number of benzene rings is 2. The number of halogens is 3. The van der Waals surface area contributed by atoms with E-state index in [1.165, 1.54) is 6.92 Å². The molecule has 0 atom stereocenters. The molecular formula is C15H13F3N2O. The fourth-order valence-corrected chi connectivity index (χ4v) is 1.86. The van der Waals surface area contributed by atoms with Crippen molar-refractivity contribution in [3.63, 3.8) is 0 Å². The van der Waals surface area contributed by atoms with Crippen molar-refractivity contribution in [2.45, 2.75) is 13.5 Å². The van der Waals surface area contributed by atoms with E-state index >= 15 is 0 Å². The van der Waals surface area contributed by atoms with Gasteiger partial charge in [-0.15, -0.1) is 0 Å². The van der Waals surface area contributed by atoms with E-state index in [1.54, 1.807) is 24.3 Å².